The molecular weight excluding hydrogens is 239 g/mol. The number of rotatable bonds is 2. The Bertz CT molecular complexity index is 457. The summed E-state index contributed by atoms with van der Waals surface area (Å²) < 4.78 is 19.6. The largest absolute Gasteiger partial charge is 0.478 e. The number of morpholine rings is 1. The van der Waals surface area contributed by atoms with Crippen molar-refractivity contribution in [3.8, 4) is 0 Å². The third kappa shape index (κ3) is 2.43. The van der Waals surface area contributed by atoms with Crippen molar-refractivity contribution in [2.75, 3.05) is 18.0 Å². The van der Waals surface area contributed by atoms with Gasteiger partial charge in [0.2, 0.25) is 0 Å². The molecule has 2 heterocycles. The SMILES string of the molecule is CC1CN(c2nccc(C(=O)O)c2F)CC(C)O1. The number of aromatic nitrogens is 1. The van der Waals surface area contributed by atoms with Crippen molar-refractivity contribution < 1.29 is 19.0 Å². The molecule has 6 heteroatoms. The number of carboxylic acids is 1. The van der Waals surface area contributed by atoms with Gasteiger partial charge in [-0.1, -0.05) is 0 Å². The normalized spacial score (nSPS) is 24.1. The number of nitrogens with zero attached hydrogens (tertiary/aromatic N) is 2. The average Bonchev–Trinajstić information content (AvgIpc) is 2.27. The number of anilines is 1. The van der Waals surface area contributed by atoms with Crippen molar-refractivity contribution in [1.29, 1.82) is 0 Å². The Hall–Kier alpha value is -1.69. The van der Waals surface area contributed by atoms with Gasteiger partial charge in [0.25, 0.3) is 0 Å². The lowest BCUT2D eigenvalue weighted by molar-refractivity contribution is -0.00565. The number of carboxylic acid groups (broad SMARTS) is 1. The summed E-state index contributed by atoms with van der Waals surface area (Å²) in [6, 6.07) is 1.16. The van der Waals surface area contributed by atoms with Crippen LogP contribution in [0.2, 0.25) is 0 Å². The summed E-state index contributed by atoms with van der Waals surface area (Å²) in [5.41, 5.74) is -0.355. The highest BCUT2D eigenvalue weighted by Gasteiger charge is 2.27. The van der Waals surface area contributed by atoms with Gasteiger partial charge in [-0.3, -0.25) is 0 Å². The maximum Gasteiger partial charge on any atom is 0.338 e. The Kier molecular flexibility index (Phi) is 3.47. The average molecular weight is 254 g/mol. The first kappa shape index (κ1) is 12.8. The van der Waals surface area contributed by atoms with E-state index < -0.39 is 11.8 Å². The molecular formula is C12H15FN2O3. The van der Waals surface area contributed by atoms with Crippen LogP contribution in [0.5, 0.6) is 0 Å². The number of hydrogen-bond acceptors (Lipinski definition) is 4. The highest BCUT2D eigenvalue weighted by Crippen LogP contribution is 2.23. The zero-order chi connectivity index (χ0) is 13.3. The van der Waals surface area contributed by atoms with Gasteiger partial charge in [0, 0.05) is 19.3 Å². The van der Waals surface area contributed by atoms with Crippen molar-refractivity contribution >= 4 is 11.8 Å². The molecule has 5 nitrogen and oxygen atoms in total. The van der Waals surface area contributed by atoms with Crippen LogP contribution >= 0.6 is 0 Å². The van der Waals surface area contributed by atoms with Gasteiger partial charge >= 0.3 is 5.97 Å². The summed E-state index contributed by atoms with van der Waals surface area (Å²) in [6.45, 7) is 4.78. The molecule has 0 radical (unpaired) electrons. The summed E-state index contributed by atoms with van der Waals surface area (Å²) in [5.74, 6) is -1.99. The van der Waals surface area contributed by atoms with E-state index >= 15 is 0 Å². The van der Waals surface area contributed by atoms with Crippen LogP contribution in [0.15, 0.2) is 12.3 Å². The summed E-state index contributed by atoms with van der Waals surface area (Å²) in [5, 5.41) is 8.88. The van der Waals surface area contributed by atoms with Gasteiger partial charge < -0.3 is 14.7 Å². The number of halogens is 1. The lowest BCUT2D eigenvalue weighted by Gasteiger charge is -2.36. The van der Waals surface area contributed by atoms with Crippen molar-refractivity contribution in [2.24, 2.45) is 0 Å². The van der Waals surface area contributed by atoms with E-state index in [0.29, 0.717) is 13.1 Å². The predicted molar refractivity (Wildman–Crippen MR) is 63.4 cm³/mol. The van der Waals surface area contributed by atoms with Crippen molar-refractivity contribution in [1.82, 2.24) is 4.98 Å². The Balaban J connectivity index is 2.33. The van der Waals surface area contributed by atoms with Crippen LogP contribution in [0.3, 0.4) is 0 Å². The van der Waals surface area contributed by atoms with Crippen molar-refractivity contribution in [2.45, 2.75) is 26.1 Å². The molecule has 0 saturated carbocycles. The zero-order valence-electron chi connectivity index (χ0n) is 10.3. The third-order valence-corrected chi connectivity index (χ3v) is 2.82. The van der Waals surface area contributed by atoms with E-state index in [1.54, 1.807) is 4.90 Å². The maximum atomic E-state index is 14.0. The Morgan fingerprint density at radius 2 is 2.11 bits per heavy atom. The smallest absolute Gasteiger partial charge is 0.338 e. The highest BCUT2D eigenvalue weighted by atomic mass is 19.1. The van der Waals surface area contributed by atoms with E-state index in [4.69, 9.17) is 9.84 Å². The number of carbonyl (C=O) groups is 1. The van der Waals surface area contributed by atoms with Crippen LogP contribution in [0, 0.1) is 5.82 Å². The molecule has 1 aliphatic heterocycles. The topological polar surface area (TPSA) is 62.7 Å². The van der Waals surface area contributed by atoms with Gasteiger partial charge in [-0.25, -0.2) is 14.2 Å². The van der Waals surface area contributed by atoms with E-state index in [9.17, 15) is 9.18 Å². The monoisotopic (exact) mass is 254 g/mol. The lowest BCUT2D eigenvalue weighted by Crippen LogP contribution is -2.46. The van der Waals surface area contributed by atoms with Crippen LogP contribution in [-0.2, 0) is 4.74 Å². The minimum atomic E-state index is -1.29. The van der Waals surface area contributed by atoms with Gasteiger partial charge in [-0.15, -0.1) is 0 Å². The van der Waals surface area contributed by atoms with Gasteiger partial charge in [-0.05, 0) is 19.9 Å². The molecule has 0 spiro atoms. The first-order valence-corrected chi connectivity index (χ1v) is 5.77. The second-order valence-electron chi connectivity index (χ2n) is 4.46. The fraction of sp³-hybridized carbons (Fsp3) is 0.500. The predicted octanol–water partition coefficient (Wildman–Crippen LogP) is 1.53. The standard InChI is InChI=1S/C12H15FN2O3/c1-7-5-15(6-8(2)18-7)11-10(13)9(12(16)17)3-4-14-11/h3-4,7-8H,5-6H2,1-2H3,(H,16,17). The van der Waals surface area contributed by atoms with E-state index in [1.165, 1.54) is 6.20 Å². The van der Waals surface area contributed by atoms with Crippen molar-refractivity contribution in [3.05, 3.63) is 23.6 Å². The van der Waals surface area contributed by atoms with Crippen molar-refractivity contribution in [3.63, 3.8) is 0 Å². The molecule has 1 aromatic heterocycles. The molecule has 1 aliphatic rings. The fourth-order valence-corrected chi connectivity index (χ4v) is 2.17. The first-order chi connectivity index (χ1) is 8.49. The van der Waals surface area contributed by atoms with Crippen LogP contribution in [0.25, 0.3) is 0 Å². The van der Waals surface area contributed by atoms with E-state index in [1.807, 2.05) is 13.8 Å². The highest BCUT2D eigenvalue weighted by molar-refractivity contribution is 5.88. The zero-order valence-corrected chi connectivity index (χ0v) is 10.3. The Labute approximate surface area is 104 Å². The molecule has 1 fully saturated rings. The molecule has 18 heavy (non-hydrogen) atoms. The van der Waals surface area contributed by atoms with Crippen LogP contribution in [-0.4, -0.2) is 41.4 Å². The molecule has 0 aromatic carbocycles. The number of ether oxygens (including phenoxy) is 1. The Morgan fingerprint density at radius 3 is 2.67 bits per heavy atom. The summed E-state index contributed by atoms with van der Waals surface area (Å²) in [7, 11) is 0. The first-order valence-electron chi connectivity index (χ1n) is 5.77. The van der Waals surface area contributed by atoms with E-state index in [0.717, 1.165) is 6.07 Å². The van der Waals surface area contributed by atoms with Gasteiger partial charge in [0.1, 0.15) is 5.56 Å². The molecule has 1 aromatic rings. The molecule has 2 atom stereocenters. The number of aromatic carboxylic acids is 1. The minimum absolute atomic E-state index is 0.0385. The summed E-state index contributed by atoms with van der Waals surface area (Å²) in [6.07, 6.45) is 1.24. The van der Waals surface area contributed by atoms with E-state index in [2.05, 4.69) is 4.98 Å². The maximum absolute atomic E-state index is 14.0. The summed E-state index contributed by atoms with van der Waals surface area (Å²) in [4.78, 5) is 16.5. The van der Waals surface area contributed by atoms with Gasteiger partial charge in [0.15, 0.2) is 11.6 Å². The molecule has 2 rings (SSSR count). The molecule has 98 valence electrons. The lowest BCUT2D eigenvalue weighted by atomic mass is 10.2. The molecule has 1 N–H and O–H groups in total. The molecule has 1 saturated heterocycles. The molecule has 0 bridgehead atoms. The fourth-order valence-electron chi connectivity index (χ4n) is 2.17. The number of hydrogen-bond donors (Lipinski definition) is 1. The Morgan fingerprint density at radius 1 is 1.50 bits per heavy atom. The van der Waals surface area contributed by atoms with E-state index in [-0.39, 0.29) is 23.6 Å². The van der Waals surface area contributed by atoms with Crippen LogP contribution < -0.4 is 4.90 Å². The molecule has 0 aliphatic carbocycles. The van der Waals surface area contributed by atoms with Crippen LogP contribution in [0.4, 0.5) is 10.2 Å². The second kappa shape index (κ2) is 4.89. The third-order valence-electron chi connectivity index (χ3n) is 2.82. The van der Waals surface area contributed by atoms with Gasteiger partial charge in [-0.2, -0.15) is 0 Å². The minimum Gasteiger partial charge on any atom is -0.478 e. The number of pyridine rings is 1. The summed E-state index contributed by atoms with van der Waals surface area (Å²) >= 11 is 0. The molecule has 0 amide bonds. The second-order valence-corrected chi connectivity index (χ2v) is 4.46. The van der Waals surface area contributed by atoms with Gasteiger partial charge in [0.05, 0.1) is 12.2 Å². The quantitative estimate of drug-likeness (QED) is 0.867. The van der Waals surface area contributed by atoms with Crippen LogP contribution in [0.1, 0.15) is 24.2 Å². The molecule has 2 unspecified atom stereocenters.